The van der Waals surface area contributed by atoms with Gasteiger partial charge in [-0.3, -0.25) is 14.4 Å². The third-order valence-corrected chi connectivity index (χ3v) is 6.58. The molecule has 7 heteroatoms. The standard InChI is InChI=1S/C18H24N2O4S/c1-9-6-7-12-13(8-9)25-17(14(12)15(19)21)20-16(22)10-4-2-3-5-11(10)18(23)24/h9-11H,2-8H2,1H3,(H2,19,21)(H,20,22)(H,23,24)/t9-,10-,11+/m1/s1. The van der Waals surface area contributed by atoms with Gasteiger partial charge >= 0.3 is 5.97 Å². The lowest BCUT2D eigenvalue weighted by Crippen LogP contribution is -2.36. The van der Waals surface area contributed by atoms with Crippen LogP contribution in [0.1, 0.15) is 59.8 Å². The maximum Gasteiger partial charge on any atom is 0.307 e. The first-order valence-electron chi connectivity index (χ1n) is 8.86. The molecule has 6 nitrogen and oxygen atoms in total. The largest absolute Gasteiger partial charge is 0.481 e. The molecule has 1 aromatic heterocycles. The van der Waals surface area contributed by atoms with Crippen molar-refractivity contribution < 1.29 is 19.5 Å². The van der Waals surface area contributed by atoms with Gasteiger partial charge in [0.2, 0.25) is 5.91 Å². The Morgan fingerprint density at radius 3 is 2.48 bits per heavy atom. The van der Waals surface area contributed by atoms with E-state index in [2.05, 4.69) is 12.2 Å². The number of carbonyl (C=O) groups excluding carboxylic acids is 2. The van der Waals surface area contributed by atoms with Crippen molar-refractivity contribution in [3.63, 3.8) is 0 Å². The first-order chi connectivity index (χ1) is 11.9. The molecule has 0 unspecified atom stereocenters. The third-order valence-electron chi connectivity index (χ3n) is 5.41. The minimum absolute atomic E-state index is 0.304. The number of fused-ring (bicyclic) bond motifs is 1. The average molecular weight is 364 g/mol. The van der Waals surface area contributed by atoms with E-state index in [4.69, 9.17) is 5.73 Å². The molecule has 2 aliphatic rings. The minimum atomic E-state index is -0.922. The number of thiophene rings is 1. The molecular formula is C18H24N2O4S. The fourth-order valence-electron chi connectivity index (χ4n) is 4.04. The first kappa shape index (κ1) is 17.9. The highest BCUT2D eigenvalue weighted by Crippen LogP contribution is 2.40. The summed E-state index contributed by atoms with van der Waals surface area (Å²) in [6, 6.07) is 0. The molecule has 3 atom stereocenters. The zero-order valence-electron chi connectivity index (χ0n) is 14.3. The Kier molecular flexibility index (Phi) is 5.13. The highest BCUT2D eigenvalue weighted by molar-refractivity contribution is 7.17. The van der Waals surface area contributed by atoms with Crippen molar-refractivity contribution >= 4 is 34.1 Å². The van der Waals surface area contributed by atoms with E-state index >= 15 is 0 Å². The summed E-state index contributed by atoms with van der Waals surface area (Å²) in [6.07, 6.45) is 5.45. The summed E-state index contributed by atoms with van der Waals surface area (Å²) in [4.78, 5) is 37.2. The van der Waals surface area contributed by atoms with Crippen LogP contribution in [0.2, 0.25) is 0 Å². The van der Waals surface area contributed by atoms with E-state index in [1.54, 1.807) is 0 Å². The highest BCUT2D eigenvalue weighted by atomic mass is 32.1. The molecule has 136 valence electrons. The smallest absolute Gasteiger partial charge is 0.307 e. The van der Waals surface area contributed by atoms with Crippen LogP contribution >= 0.6 is 11.3 Å². The number of carboxylic acid groups (broad SMARTS) is 1. The molecule has 4 N–H and O–H groups in total. The fraction of sp³-hybridized carbons (Fsp3) is 0.611. The normalized spacial score (nSPS) is 25.9. The molecule has 3 rings (SSSR count). The summed E-state index contributed by atoms with van der Waals surface area (Å²) < 4.78 is 0. The van der Waals surface area contributed by atoms with Crippen molar-refractivity contribution in [2.75, 3.05) is 5.32 Å². The summed E-state index contributed by atoms with van der Waals surface area (Å²) in [5.74, 6) is -2.41. The van der Waals surface area contributed by atoms with Gasteiger partial charge in [-0.05, 0) is 43.6 Å². The lowest BCUT2D eigenvalue weighted by Gasteiger charge is -2.27. The number of hydrogen-bond donors (Lipinski definition) is 3. The van der Waals surface area contributed by atoms with Gasteiger partial charge < -0.3 is 16.2 Å². The van der Waals surface area contributed by atoms with Crippen molar-refractivity contribution in [1.29, 1.82) is 0 Å². The number of nitrogens with one attached hydrogen (secondary N) is 1. The van der Waals surface area contributed by atoms with E-state index in [-0.39, 0.29) is 5.91 Å². The van der Waals surface area contributed by atoms with E-state index < -0.39 is 23.7 Å². The maximum absolute atomic E-state index is 12.7. The number of rotatable bonds is 4. The quantitative estimate of drug-likeness (QED) is 0.763. The molecule has 1 saturated carbocycles. The zero-order valence-corrected chi connectivity index (χ0v) is 15.2. The Hall–Kier alpha value is -1.89. The SMILES string of the molecule is C[C@@H]1CCc2c(sc(NC(=O)[C@@H]3CCCC[C@@H]3C(=O)O)c2C(N)=O)C1. The molecule has 0 spiro atoms. The molecule has 0 aliphatic heterocycles. The van der Waals surface area contributed by atoms with Crippen LogP contribution in [0.5, 0.6) is 0 Å². The molecule has 0 radical (unpaired) electrons. The topological polar surface area (TPSA) is 109 Å². The van der Waals surface area contributed by atoms with Crippen LogP contribution in [0, 0.1) is 17.8 Å². The Morgan fingerprint density at radius 2 is 1.84 bits per heavy atom. The minimum Gasteiger partial charge on any atom is -0.481 e. The van der Waals surface area contributed by atoms with Gasteiger partial charge in [-0.1, -0.05) is 19.8 Å². The van der Waals surface area contributed by atoms with Gasteiger partial charge in [-0.25, -0.2) is 0 Å². The lowest BCUT2D eigenvalue weighted by atomic mass is 9.78. The van der Waals surface area contributed by atoms with Gasteiger partial charge in [0.15, 0.2) is 0 Å². The second-order valence-corrected chi connectivity index (χ2v) is 8.35. The molecular weight excluding hydrogens is 340 g/mol. The average Bonchev–Trinajstić information content (AvgIpc) is 2.91. The number of anilines is 1. The predicted octanol–water partition coefficient (Wildman–Crippen LogP) is 2.80. The molecule has 1 aromatic rings. The van der Waals surface area contributed by atoms with Crippen LogP contribution in [0.4, 0.5) is 5.00 Å². The Morgan fingerprint density at radius 1 is 1.16 bits per heavy atom. The van der Waals surface area contributed by atoms with Crippen LogP contribution < -0.4 is 11.1 Å². The molecule has 1 heterocycles. The summed E-state index contributed by atoms with van der Waals surface area (Å²) in [5.41, 5.74) is 6.95. The maximum atomic E-state index is 12.7. The van der Waals surface area contributed by atoms with E-state index in [1.165, 1.54) is 11.3 Å². The fourth-order valence-corrected chi connectivity index (χ4v) is 5.46. The Balaban J connectivity index is 1.86. The van der Waals surface area contributed by atoms with Crippen molar-refractivity contribution in [1.82, 2.24) is 0 Å². The number of carboxylic acids is 1. The van der Waals surface area contributed by atoms with Crippen LogP contribution in [0.3, 0.4) is 0 Å². The number of aliphatic carboxylic acids is 1. The van der Waals surface area contributed by atoms with E-state index in [9.17, 15) is 19.5 Å². The van der Waals surface area contributed by atoms with Crippen LogP contribution in [0.25, 0.3) is 0 Å². The van der Waals surface area contributed by atoms with Gasteiger partial charge in [-0.15, -0.1) is 11.3 Å². The van der Waals surface area contributed by atoms with Crippen LogP contribution in [-0.4, -0.2) is 22.9 Å². The molecule has 0 aromatic carbocycles. The number of nitrogens with two attached hydrogens (primary N) is 1. The van der Waals surface area contributed by atoms with Gasteiger partial charge in [0.05, 0.1) is 17.4 Å². The second kappa shape index (κ2) is 7.15. The van der Waals surface area contributed by atoms with Crippen molar-refractivity contribution in [2.24, 2.45) is 23.5 Å². The highest BCUT2D eigenvalue weighted by Gasteiger charge is 2.37. The molecule has 1 fully saturated rings. The molecule has 2 aliphatic carbocycles. The number of amides is 2. The molecule has 2 amide bonds. The summed E-state index contributed by atoms with van der Waals surface area (Å²) in [6.45, 7) is 2.17. The third kappa shape index (κ3) is 3.56. The Labute approximate surface area is 150 Å². The molecule has 0 saturated heterocycles. The number of primary amides is 1. The van der Waals surface area contributed by atoms with E-state index in [1.807, 2.05) is 0 Å². The zero-order chi connectivity index (χ0) is 18.1. The number of hydrogen-bond acceptors (Lipinski definition) is 4. The van der Waals surface area contributed by atoms with Gasteiger partial charge in [0.1, 0.15) is 5.00 Å². The van der Waals surface area contributed by atoms with E-state index in [0.29, 0.717) is 29.3 Å². The first-order valence-corrected chi connectivity index (χ1v) is 9.68. The lowest BCUT2D eigenvalue weighted by molar-refractivity contribution is -0.147. The molecule has 0 bridgehead atoms. The van der Waals surface area contributed by atoms with Crippen molar-refractivity contribution in [3.05, 3.63) is 16.0 Å². The Bertz CT molecular complexity index is 712. The number of carbonyl (C=O) groups is 3. The monoisotopic (exact) mass is 364 g/mol. The van der Waals surface area contributed by atoms with Crippen molar-refractivity contribution in [2.45, 2.75) is 51.9 Å². The van der Waals surface area contributed by atoms with Crippen LogP contribution in [0.15, 0.2) is 0 Å². The van der Waals surface area contributed by atoms with E-state index in [0.717, 1.165) is 42.5 Å². The molecule has 25 heavy (non-hydrogen) atoms. The second-order valence-electron chi connectivity index (χ2n) is 7.25. The van der Waals surface area contributed by atoms with Gasteiger partial charge in [0.25, 0.3) is 5.91 Å². The summed E-state index contributed by atoms with van der Waals surface area (Å²) in [7, 11) is 0. The summed E-state index contributed by atoms with van der Waals surface area (Å²) >= 11 is 1.42. The van der Waals surface area contributed by atoms with Crippen molar-refractivity contribution in [3.8, 4) is 0 Å². The predicted molar refractivity (Wildman–Crippen MR) is 95.7 cm³/mol. The van der Waals surface area contributed by atoms with Crippen LogP contribution in [-0.2, 0) is 22.4 Å². The van der Waals surface area contributed by atoms with Gasteiger partial charge in [-0.2, -0.15) is 0 Å². The van der Waals surface area contributed by atoms with Gasteiger partial charge in [0, 0.05) is 4.88 Å². The summed E-state index contributed by atoms with van der Waals surface area (Å²) in [5, 5.41) is 12.7.